The summed E-state index contributed by atoms with van der Waals surface area (Å²) in [6, 6.07) is 0. The molecule has 0 aromatic heterocycles. The average molecular weight is 917 g/mol. The summed E-state index contributed by atoms with van der Waals surface area (Å²) in [4.78, 5) is 35.7. The fourth-order valence-corrected chi connectivity index (χ4v) is 8.39. The Labute approximate surface area is 380 Å². The fraction of sp³-hybridized carbons (Fsp3) is 0.837. The summed E-state index contributed by atoms with van der Waals surface area (Å²) >= 11 is 0. The minimum atomic E-state index is -5.12. The van der Waals surface area contributed by atoms with Gasteiger partial charge in [0.1, 0.15) is 43.2 Å². The summed E-state index contributed by atoms with van der Waals surface area (Å²) in [7, 11) is -5.12. The number of hydrogen-bond acceptors (Lipinski definition) is 12. The van der Waals surface area contributed by atoms with E-state index in [1.165, 1.54) is 89.9 Å². The summed E-state index contributed by atoms with van der Waals surface area (Å²) in [6.45, 7) is 3.25. The maximum absolute atomic E-state index is 12.8. The first kappa shape index (κ1) is 59.1. The predicted molar refractivity (Wildman–Crippen MR) is 249 cm³/mol. The van der Waals surface area contributed by atoms with E-state index in [0.29, 0.717) is 12.8 Å². The Kier molecular flexibility index (Phi) is 36.8. The fourth-order valence-electron chi connectivity index (χ4n) is 7.42. The maximum Gasteiger partial charge on any atom is 0.472 e. The normalized spacial score (nSPS) is 22.0. The number of unbranched alkanes of at least 4 members (excludes halogenated alkanes) is 23. The van der Waals surface area contributed by atoms with Crippen molar-refractivity contribution in [2.24, 2.45) is 0 Å². The van der Waals surface area contributed by atoms with Gasteiger partial charge in [-0.3, -0.25) is 18.6 Å². The highest BCUT2D eigenvalue weighted by Crippen LogP contribution is 2.47. The van der Waals surface area contributed by atoms with Crippen molar-refractivity contribution in [1.82, 2.24) is 0 Å². The lowest BCUT2D eigenvalue weighted by molar-refractivity contribution is -0.220. The van der Waals surface area contributed by atoms with Crippen LogP contribution in [0.1, 0.15) is 206 Å². The Morgan fingerprint density at radius 1 is 0.492 bits per heavy atom. The summed E-state index contributed by atoms with van der Waals surface area (Å²) in [5.74, 6) is -1.11. The number of carbonyl (C=O) groups is 2. The highest BCUT2D eigenvalue weighted by atomic mass is 31.2. The van der Waals surface area contributed by atoms with Crippen molar-refractivity contribution in [2.45, 2.75) is 249 Å². The molecular formula is C49H89O13P. The topological polar surface area (TPSA) is 210 Å². The van der Waals surface area contributed by atoms with Gasteiger partial charge in [-0.05, 0) is 64.2 Å². The Morgan fingerprint density at radius 2 is 0.873 bits per heavy atom. The molecule has 0 amide bonds. The number of rotatable bonds is 41. The third-order valence-electron chi connectivity index (χ3n) is 11.5. The zero-order valence-electron chi connectivity index (χ0n) is 39.1. The molecule has 1 fully saturated rings. The van der Waals surface area contributed by atoms with Crippen LogP contribution in [-0.4, -0.2) is 98.3 Å². The van der Waals surface area contributed by atoms with Gasteiger partial charge in [0.2, 0.25) is 0 Å². The van der Waals surface area contributed by atoms with Crippen molar-refractivity contribution in [1.29, 1.82) is 0 Å². The van der Waals surface area contributed by atoms with Crippen LogP contribution >= 0.6 is 7.82 Å². The lowest BCUT2D eigenvalue weighted by Gasteiger charge is -2.41. The summed E-state index contributed by atoms with van der Waals surface area (Å²) in [6.07, 6.45) is 32.1. The number of aliphatic hydroxyl groups is 5. The first-order valence-electron chi connectivity index (χ1n) is 24.8. The second kappa shape index (κ2) is 39.3. The summed E-state index contributed by atoms with van der Waals surface area (Å²) in [5, 5.41) is 50.2. The second-order valence-electron chi connectivity index (χ2n) is 17.3. The van der Waals surface area contributed by atoms with Gasteiger partial charge in [0.15, 0.2) is 6.10 Å². The molecule has 6 N–H and O–H groups in total. The van der Waals surface area contributed by atoms with Gasteiger partial charge >= 0.3 is 19.8 Å². The Hall–Kier alpha value is -1.93. The Bertz CT molecular complexity index is 1240. The van der Waals surface area contributed by atoms with Crippen LogP contribution in [0.4, 0.5) is 0 Å². The van der Waals surface area contributed by atoms with E-state index in [-0.39, 0.29) is 12.8 Å². The molecular weight excluding hydrogens is 827 g/mol. The molecule has 1 aliphatic rings. The number of aliphatic hydroxyl groups excluding tert-OH is 5. The van der Waals surface area contributed by atoms with Crippen LogP contribution in [0, 0.1) is 0 Å². The molecule has 63 heavy (non-hydrogen) atoms. The van der Waals surface area contributed by atoms with Crippen molar-refractivity contribution in [3.05, 3.63) is 36.5 Å². The number of allylic oxidation sites excluding steroid dienone is 6. The van der Waals surface area contributed by atoms with Gasteiger partial charge in [0.25, 0.3) is 0 Å². The van der Waals surface area contributed by atoms with Crippen LogP contribution in [0.2, 0.25) is 0 Å². The summed E-state index contributed by atoms with van der Waals surface area (Å²) < 4.78 is 33.5. The van der Waals surface area contributed by atoms with Gasteiger partial charge in [-0.15, -0.1) is 0 Å². The van der Waals surface area contributed by atoms with Gasteiger partial charge in [-0.25, -0.2) is 4.57 Å². The quantitative estimate of drug-likeness (QED) is 0.0146. The largest absolute Gasteiger partial charge is 0.472 e. The minimum Gasteiger partial charge on any atom is -0.462 e. The predicted octanol–water partition coefficient (Wildman–Crippen LogP) is 10.2. The highest BCUT2D eigenvalue weighted by molar-refractivity contribution is 7.47. The monoisotopic (exact) mass is 917 g/mol. The van der Waals surface area contributed by atoms with Crippen molar-refractivity contribution < 1.29 is 63.1 Å². The molecule has 0 aromatic rings. The smallest absolute Gasteiger partial charge is 0.462 e. The lowest BCUT2D eigenvalue weighted by Crippen LogP contribution is -2.64. The van der Waals surface area contributed by atoms with Crippen LogP contribution in [0.3, 0.4) is 0 Å². The van der Waals surface area contributed by atoms with Crippen molar-refractivity contribution in [2.75, 3.05) is 13.2 Å². The second-order valence-corrected chi connectivity index (χ2v) is 18.7. The Balaban J connectivity index is 2.37. The van der Waals surface area contributed by atoms with Crippen LogP contribution in [0.5, 0.6) is 0 Å². The van der Waals surface area contributed by atoms with Gasteiger partial charge in [0.05, 0.1) is 6.61 Å². The SMILES string of the molecule is CCCC/C=C\CCCCCCCC(=O)OCC(COP(=O)(O)OC1C(O)C(O)C(O)C(O)C1O)OC(=O)CCCCCCCCCCCCC/C=C\C/C=C\CCCCCCC. The number of phosphoric ester groups is 1. The van der Waals surface area contributed by atoms with Crippen LogP contribution in [-0.2, 0) is 32.7 Å². The van der Waals surface area contributed by atoms with Gasteiger partial charge in [0, 0.05) is 12.8 Å². The van der Waals surface area contributed by atoms with Crippen molar-refractivity contribution >= 4 is 19.8 Å². The third kappa shape index (κ3) is 31.6. The summed E-state index contributed by atoms with van der Waals surface area (Å²) in [5.41, 5.74) is 0. The molecule has 0 saturated heterocycles. The molecule has 1 aliphatic carbocycles. The first-order chi connectivity index (χ1) is 30.4. The van der Waals surface area contributed by atoms with E-state index < -0.39 is 75.7 Å². The molecule has 368 valence electrons. The van der Waals surface area contributed by atoms with Gasteiger partial charge in [-0.1, -0.05) is 166 Å². The number of phosphoric acid groups is 1. The van der Waals surface area contributed by atoms with Crippen LogP contribution in [0.15, 0.2) is 36.5 Å². The van der Waals surface area contributed by atoms with E-state index in [9.17, 15) is 44.6 Å². The third-order valence-corrected chi connectivity index (χ3v) is 12.4. The molecule has 6 atom stereocenters. The zero-order valence-corrected chi connectivity index (χ0v) is 40.0. The van der Waals surface area contributed by atoms with E-state index in [0.717, 1.165) is 77.0 Å². The molecule has 1 rings (SSSR count). The molecule has 0 bridgehead atoms. The number of esters is 2. The maximum atomic E-state index is 12.8. The molecule has 6 unspecified atom stereocenters. The van der Waals surface area contributed by atoms with Crippen LogP contribution < -0.4 is 0 Å². The Morgan fingerprint density at radius 3 is 1.35 bits per heavy atom. The van der Waals surface area contributed by atoms with Crippen molar-refractivity contribution in [3.63, 3.8) is 0 Å². The molecule has 0 spiro atoms. The minimum absolute atomic E-state index is 0.0932. The van der Waals surface area contributed by atoms with Gasteiger partial charge < -0.3 is 39.9 Å². The number of ether oxygens (including phenoxy) is 2. The van der Waals surface area contributed by atoms with Crippen molar-refractivity contribution in [3.8, 4) is 0 Å². The first-order valence-corrected chi connectivity index (χ1v) is 26.3. The highest BCUT2D eigenvalue weighted by Gasteiger charge is 2.51. The zero-order chi connectivity index (χ0) is 46.4. The van der Waals surface area contributed by atoms with E-state index >= 15 is 0 Å². The number of hydrogen-bond donors (Lipinski definition) is 6. The van der Waals surface area contributed by atoms with E-state index in [1.807, 2.05) is 0 Å². The van der Waals surface area contributed by atoms with E-state index in [1.54, 1.807) is 0 Å². The number of carbonyl (C=O) groups excluding carboxylic acids is 2. The lowest BCUT2D eigenvalue weighted by atomic mass is 9.85. The molecule has 13 nitrogen and oxygen atoms in total. The van der Waals surface area contributed by atoms with E-state index in [2.05, 4.69) is 50.3 Å². The average Bonchev–Trinajstić information content (AvgIpc) is 3.26. The standard InChI is InChI=1S/C49H89O13P/c1-3-5-7-9-11-13-15-16-17-18-19-20-21-22-23-24-25-26-28-30-32-34-36-38-43(51)61-41(39-59-42(50)37-35-33-31-29-27-14-12-10-8-6-4-2)40-60-63(57,58)62-49-47(55)45(53)44(52)46(54)48(49)56/h10,12,15-16,18-19,41,44-49,52-56H,3-9,11,13-14,17,20-40H2,1-2H3,(H,57,58)/b12-10-,16-15-,19-18-. The van der Waals surface area contributed by atoms with Crippen LogP contribution in [0.25, 0.3) is 0 Å². The van der Waals surface area contributed by atoms with Gasteiger partial charge in [-0.2, -0.15) is 0 Å². The molecule has 0 heterocycles. The molecule has 0 radical (unpaired) electrons. The molecule has 1 saturated carbocycles. The van der Waals surface area contributed by atoms with E-state index in [4.69, 9.17) is 18.5 Å². The molecule has 14 heteroatoms. The molecule has 0 aliphatic heterocycles. The molecule has 0 aromatic carbocycles.